The second-order valence-corrected chi connectivity index (χ2v) is 5.48. The van der Waals surface area contributed by atoms with Crippen LogP contribution in [-0.4, -0.2) is 49.9 Å². The van der Waals surface area contributed by atoms with Crippen LogP contribution in [0.1, 0.15) is 39.0 Å². The van der Waals surface area contributed by atoms with Gasteiger partial charge in [-0.05, 0) is 25.8 Å². The summed E-state index contributed by atoms with van der Waals surface area (Å²) in [5.74, 6) is -0.0523. The summed E-state index contributed by atoms with van der Waals surface area (Å²) in [7, 11) is 3.39. The summed E-state index contributed by atoms with van der Waals surface area (Å²) in [5, 5.41) is 6.05. The summed E-state index contributed by atoms with van der Waals surface area (Å²) in [6, 6.07) is 0.488. The lowest BCUT2D eigenvalue weighted by atomic mass is 10.0. The average molecular weight is 269 g/mol. The van der Waals surface area contributed by atoms with Crippen LogP contribution in [0.15, 0.2) is 0 Å². The standard InChI is InChI=1S/C14H27N3O2/c1-11(14(19)15-2)10-17(3)13(18)8-7-12-6-4-5-9-16-12/h11-12,16H,4-10H2,1-3H3,(H,15,19). The summed E-state index contributed by atoms with van der Waals surface area (Å²) in [5.41, 5.74) is 0. The van der Waals surface area contributed by atoms with Crippen LogP contribution in [-0.2, 0) is 9.59 Å². The lowest BCUT2D eigenvalue weighted by Gasteiger charge is -2.25. The van der Waals surface area contributed by atoms with Gasteiger partial charge in [-0.15, -0.1) is 0 Å². The molecule has 0 radical (unpaired) electrons. The predicted octanol–water partition coefficient (Wildman–Crippen LogP) is 0.749. The summed E-state index contributed by atoms with van der Waals surface area (Å²) < 4.78 is 0. The zero-order valence-electron chi connectivity index (χ0n) is 12.4. The van der Waals surface area contributed by atoms with Crippen molar-refractivity contribution in [1.29, 1.82) is 0 Å². The van der Waals surface area contributed by atoms with Crippen molar-refractivity contribution in [2.75, 3.05) is 27.2 Å². The van der Waals surface area contributed by atoms with Crippen molar-refractivity contribution in [3.63, 3.8) is 0 Å². The molecule has 0 aromatic heterocycles. The molecule has 1 aliphatic heterocycles. The first-order valence-electron chi connectivity index (χ1n) is 7.23. The van der Waals surface area contributed by atoms with Crippen molar-refractivity contribution in [2.24, 2.45) is 5.92 Å². The Balaban J connectivity index is 2.25. The molecule has 1 aliphatic rings. The normalized spacial score (nSPS) is 20.7. The number of amides is 2. The third kappa shape index (κ3) is 5.59. The number of rotatable bonds is 6. The Kier molecular flexibility index (Phi) is 6.84. The molecule has 2 N–H and O–H groups in total. The molecule has 2 amide bonds. The molecule has 1 heterocycles. The van der Waals surface area contributed by atoms with E-state index >= 15 is 0 Å². The molecule has 1 saturated heterocycles. The minimum atomic E-state index is -0.160. The minimum absolute atomic E-state index is 0.0198. The molecule has 19 heavy (non-hydrogen) atoms. The summed E-state index contributed by atoms with van der Waals surface area (Å²) in [6.07, 6.45) is 5.14. The molecule has 1 fully saturated rings. The van der Waals surface area contributed by atoms with Gasteiger partial charge < -0.3 is 15.5 Å². The van der Waals surface area contributed by atoms with E-state index in [1.165, 1.54) is 19.3 Å². The van der Waals surface area contributed by atoms with Gasteiger partial charge in [0.05, 0.1) is 5.92 Å². The first kappa shape index (κ1) is 16.0. The van der Waals surface area contributed by atoms with Crippen LogP contribution in [0.3, 0.4) is 0 Å². The third-order valence-electron chi connectivity index (χ3n) is 3.79. The van der Waals surface area contributed by atoms with Crippen LogP contribution in [0.5, 0.6) is 0 Å². The van der Waals surface area contributed by atoms with Crippen LogP contribution >= 0.6 is 0 Å². The molecular formula is C14H27N3O2. The van der Waals surface area contributed by atoms with Crippen LogP contribution in [0.25, 0.3) is 0 Å². The first-order valence-corrected chi connectivity index (χ1v) is 7.23. The maximum Gasteiger partial charge on any atom is 0.224 e. The van der Waals surface area contributed by atoms with Gasteiger partial charge in [-0.3, -0.25) is 9.59 Å². The van der Waals surface area contributed by atoms with Gasteiger partial charge in [0.2, 0.25) is 11.8 Å². The number of hydrogen-bond acceptors (Lipinski definition) is 3. The van der Waals surface area contributed by atoms with Gasteiger partial charge in [0.25, 0.3) is 0 Å². The highest BCUT2D eigenvalue weighted by Crippen LogP contribution is 2.12. The van der Waals surface area contributed by atoms with E-state index in [0.29, 0.717) is 19.0 Å². The second-order valence-electron chi connectivity index (χ2n) is 5.48. The molecule has 110 valence electrons. The molecule has 5 nitrogen and oxygen atoms in total. The zero-order chi connectivity index (χ0) is 14.3. The Morgan fingerprint density at radius 2 is 2.16 bits per heavy atom. The molecule has 1 rings (SSSR count). The van der Waals surface area contributed by atoms with Gasteiger partial charge in [0.15, 0.2) is 0 Å². The van der Waals surface area contributed by atoms with E-state index < -0.39 is 0 Å². The Morgan fingerprint density at radius 3 is 2.74 bits per heavy atom. The number of nitrogens with one attached hydrogen (secondary N) is 2. The van der Waals surface area contributed by atoms with Crippen molar-refractivity contribution in [1.82, 2.24) is 15.5 Å². The number of piperidine rings is 1. The van der Waals surface area contributed by atoms with E-state index in [2.05, 4.69) is 10.6 Å². The number of hydrogen-bond donors (Lipinski definition) is 2. The van der Waals surface area contributed by atoms with Gasteiger partial charge in [0.1, 0.15) is 0 Å². The van der Waals surface area contributed by atoms with Crippen molar-refractivity contribution >= 4 is 11.8 Å². The number of carbonyl (C=O) groups is 2. The van der Waals surface area contributed by atoms with Gasteiger partial charge in [0, 0.05) is 33.1 Å². The number of nitrogens with zero attached hydrogens (tertiary/aromatic N) is 1. The maximum absolute atomic E-state index is 12.0. The van der Waals surface area contributed by atoms with Crippen molar-refractivity contribution in [3.8, 4) is 0 Å². The van der Waals surface area contributed by atoms with E-state index in [1.54, 1.807) is 19.0 Å². The Hall–Kier alpha value is -1.10. The van der Waals surface area contributed by atoms with E-state index in [1.807, 2.05) is 6.92 Å². The largest absolute Gasteiger partial charge is 0.359 e. The zero-order valence-corrected chi connectivity index (χ0v) is 12.4. The van der Waals surface area contributed by atoms with Crippen LogP contribution in [0.2, 0.25) is 0 Å². The lowest BCUT2D eigenvalue weighted by molar-refractivity contribution is -0.132. The van der Waals surface area contributed by atoms with Crippen molar-refractivity contribution in [2.45, 2.75) is 45.1 Å². The predicted molar refractivity (Wildman–Crippen MR) is 75.7 cm³/mol. The second kappa shape index (κ2) is 8.15. The van der Waals surface area contributed by atoms with E-state index in [4.69, 9.17) is 0 Å². The quantitative estimate of drug-likeness (QED) is 0.748. The van der Waals surface area contributed by atoms with Crippen LogP contribution < -0.4 is 10.6 Å². The van der Waals surface area contributed by atoms with E-state index in [9.17, 15) is 9.59 Å². The average Bonchev–Trinajstić information content (AvgIpc) is 2.44. The smallest absolute Gasteiger partial charge is 0.224 e. The molecule has 5 heteroatoms. The number of carbonyl (C=O) groups excluding carboxylic acids is 2. The molecule has 0 spiro atoms. The molecule has 0 aromatic carbocycles. The molecule has 0 aromatic rings. The highest BCUT2D eigenvalue weighted by atomic mass is 16.2. The SMILES string of the molecule is CNC(=O)C(C)CN(C)C(=O)CCC1CCCCN1. The topological polar surface area (TPSA) is 61.4 Å². The Bertz CT molecular complexity index is 301. The fraction of sp³-hybridized carbons (Fsp3) is 0.857. The molecule has 2 unspecified atom stereocenters. The van der Waals surface area contributed by atoms with E-state index in [-0.39, 0.29) is 17.7 Å². The summed E-state index contributed by atoms with van der Waals surface area (Å²) >= 11 is 0. The van der Waals surface area contributed by atoms with Crippen LogP contribution in [0.4, 0.5) is 0 Å². The first-order chi connectivity index (χ1) is 9.04. The van der Waals surface area contributed by atoms with Crippen molar-refractivity contribution in [3.05, 3.63) is 0 Å². The lowest BCUT2D eigenvalue weighted by Crippen LogP contribution is -2.39. The van der Waals surface area contributed by atoms with Gasteiger partial charge in [-0.1, -0.05) is 13.3 Å². The Labute approximate surface area is 116 Å². The van der Waals surface area contributed by atoms with Crippen molar-refractivity contribution < 1.29 is 9.59 Å². The molecule has 2 atom stereocenters. The molecule has 0 saturated carbocycles. The minimum Gasteiger partial charge on any atom is -0.359 e. The van der Waals surface area contributed by atoms with Gasteiger partial charge >= 0.3 is 0 Å². The monoisotopic (exact) mass is 269 g/mol. The fourth-order valence-electron chi connectivity index (χ4n) is 2.50. The summed E-state index contributed by atoms with van der Waals surface area (Å²) in [6.45, 7) is 3.39. The molecule has 0 aliphatic carbocycles. The highest BCUT2D eigenvalue weighted by molar-refractivity contribution is 5.80. The summed E-state index contributed by atoms with van der Waals surface area (Å²) in [4.78, 5) is 25.1. The maximum atomic E-state index is 12.0. The molecular weight excluding hydrogens is 242 g/mol. The molecule has 0 bridgehead atoms. The van der Waals surface area contributed by atoms with Gasteiger partial charge in [-0.25, -0.2) is 0 Å². The van der Waals surface area contributed by atoms with Crippen LogP contribution in [0, 0.1) is 5.92 Å². The van der Waals surface area contributed by atoms with E-state index in [0.717, 1.165) is 13.0 Å². The highest BCUT2D eigenvalue weighted by Gasteiger charge is 2.19. The van der Waals surface area contributed by atoms with Gasteiger partial charge in [-0.2, -0.15) is 0 Å². The third-order valence-corrected chi connectivity index (χ3v) is 3.79. The Morgan fingerprint density at radius 1 is 1.42 bits per heavy atom. The fourth-order valence-corrected chi connectivity index (χ4v) is 2.50.